The van der Waals surface area contributed by atoms with Crippen molar-refractivity contribution in [3.63, 3.8) is 0 Å². The summed E-state index contributed by atoms with van der Waals surface area (Å²) in [5, 5.41) is 17.6. The van der Waals surface area contributed by atoms with E-state index in [9.17, 15) is 10.1 Å². The highest BCUT2D eigenvalue weighted by atomic mass is 35.5. The third kappa shape index (κ3) is 4.90. The number of hydrogen-bond acceptors (Lipinski definition) is 5. The Labute approximate surface area is 192 Å². The van der Waals surface area contributed by atoms with E-state index in [1.54, 1.807) is 37.1 Å². The lowest BCUT2D eigenvalue weighted by Crippen LogP contribution is -2.31. The van der Waals surface area contributed by atoms with Crippen LogP contribution in [0, 0.1) is 11.3 Å². The molecule has 2 aromatic carbocycles. The van der Waals surface area contributed by atoms with Crippen LogP contribution in [-0.4, -0.2) is 18.8 Å². The third-order valence-electron chi connectivity index (χ3n) is 4.91. The molecular formula is C24H24ClN3O2S. The fraction of sp³-hybridized carbons (Fsp3) is 0.250. The molecule has 1 heterocycles. The molecule has 0 saturated carbocycles. The SMILES string of the molecule is CCCSC1=C(C#N)[C@H](c2ccccc2Cl)C(C(=O)Nc2ccccc2OC)=C(C)N1. The number of para-hydroxylation sites is 2. The van der Waals surface area contributed by atoms with E-state index in [0.717, 1.165) is 22.8 Å². The third-order valence-corrected chi connectivity index (χ3v) is 6.48. The van der Waals surface area contributed by atoms with Crippen molar-refractivity contribution in [3.05, 3.63) is 81.0 Å². The Morgan fingerprint density at radius 3 is 2.65 bits per heavy atom. The summed E-state index contributed by atoms with van der Waals surface area (Å²) in [6, 6.07) is 16.9. The van der Waals surface area contributed by atoms with Gasteiger partial charge in [-0.25, -0.2) is 0 Å². The lowest BCUT2D eigenvalue weighted by atomic mass is 9.82. The molecule has 1 amide bonds. The number of hydrogen-bond donors (Lipinski definition) is 2. The van der Waals surface area contributed by atoms with Crippen LogP contribution in [0.2, 0.25) is 5.02 Å². The highest BCUT2D eigenvalue weighted by Gasteiger charge is 2.35. The number of dihydropyridines is 1. The first-order valence-corrected chi connectivity index (χ1v) is 11.3. The molecular weight excluding hydrogens is 430 g/mol. The van der Waals surface area contributed by atoms with E-state index in [2.05, 4.69) is 23.6 Å². The molecule has 0 radical (unpaired) electrons. The number of carbonyl (C=O) groups excluding carboxylic acids is 1. The normalized spacial score (nSPS) is 15.9. The van der Waals surface area contributed by atoms with Crippen LogP contribution in [0.4, 0.5) is 5.69 Å². The van der Waals surface area contributed by atoms with Crippen LogP contribution < -0.4 is 15.4 Å². The van der Waals surface area contributed by atoms with Crippen LogP contribution in [0.1, 0.15) is 31.7 Å². The van der Waals surface area contributed by atoms with Crippen LogP contribution >= 0.6 is 23.4 Å². The summed E-state index contributed by atoms with van der Waals surface area (Å²) in [4.78, 5) is 13.5. The van der Waals surface area contributed by atoms with Gasteiger partial charge in [0, 0.05) is 16.3 Å². The summed E-state index contributed by atoms with van der Waals surface area (Å²) in [6.45, 7) is 3.93. The average molecular weight is 454 g/mol. The van der Waals surface area contributed by atoms with Crippen molar-refractivity contribution in [1.82, 2.24) is 5.32 Å². The maximum atomic E-state index is 13.5. The van der Waals surface area contributed by atoms with E-state index < -0.39 is 5.92 Å². The van der Waals surface area contributed by atoms with Crippen molar-refractivity contribution >= 4 is 35.0 Å². The standard InChI is InChI=1S/C24H24ClN3O2S/c1-4-13-31-24-17(14-26)22(16-9-5-6-10-18(16)25)21(15(2)27-24)23(29)28-19-11-7-8-12-20(19)30-3/h5-12,22,27H,4,13H2,1-3H3,(H,28,29)/t22-/m0/s1. The first-order chi connectivity index (χ1) is 15.0. The molecule has 5 nitrogen and oxygen atoms in total. The van der Waals surface area contributed by atoms with E-state index in [1.165, 1.54) is 0 Å². The van der Waals surface area contributed by atoms with Gasteiger partial charge in [-0.15, -0.1) is 11.8 Å². The van der Waals surface area contributed by atoms with E-state index >= 15 is 0 Å². The second-order valence-corrected chi connectivity index (χ2v) is 8.49. The summed E-state index contributed by atoms with van der Waals surface area (Å²) < 4.78 is 5.36. The average Bonchev–Trinajstić information content (AvgIpc) is 2.77. The Bertz CT molecular complexity index is 1090. The fourth-order valence-electron chi connectivity index (χ4n) is 3.49. The number of amides is 1. The monoisotopic (exact) mass is 453 g/mol. The number of nitriles is 1. The topological polar surface area (TPSA) is 74.2 Å². The second kappa shape index (κ2) is 10.4. The van der Waals surface area contributed by atoms with E-state index in [0.29, 0.717) is 33.3 Å². The zero-order valence-corrected chi connectivity index (χ0v) is 19.2. The van der Waals surface area contributed by atoms with Gasteiger partial charge in [0.1, 0.15) is 5.75 Å². The van der Waals surface area contributed by atoms with E-state index in [1.807, 2.05) is 37.3 Å². The molecule has 0 bridgehead atoms. The van der Waals surface area contributed by atoms with Gasteiger partial charge in [0.15, 0.2) is 0 Å². The molecule has 2 aromatic rings. The highest BCUT2D eigenvalue weighted by molar-refractivity contribution is 8.03. The number of nitrogens with zero attached hydrogens (tertiary/aromatic N) is 1. The van der Waals surface area contributed by atoms with Crippen LogP contribution in [0.15, 0.2) is 70.4 Å². The Balaban J connectivity index is 2.09. The van der Waals surface area contributed by atoms with E-state index in [4.69, 9.17) is 16.3 Å². The minimum Gasteiger partial charge on any atom is -0.495 e. The number of anilines is 1. The molecule has 0 fully saturated rings. The highest BCUT2D eigenvalue weighted by Crippen LogP contribution is 2.43. The number of rotatable bonds is 7. The smallest absolute Gasteiger partial charge is 0.254 e. The summed E-state index contributed by atoms with van der Waals surface area (Å²) >= 11 is 8.10. The van der Waals surface area contributed by atoms with Crippen LogP contribution in [0.3, 0.4) is 0 Å². The fourth-order valence-corrected chi connectivity index (χ4v) is 4.69. The first-order valence-electron chi connectivity index (χ1n) is 9.95. The van der Waals surface area contributed by atoms with Gasteiger partial charge in [-0.1, -0.05) is 48.9 Å². The molecule has 0 saturated heterocycles. The molecule has 0 unspecified atom stereocenters. The zero-order valence-electron chi connectivity index (χ0n) is 17.7. The largest absolute Gasteiger partial charge is 0.495 e. The summed E-state index contributed by atoms with van der Waals surface area (Å²) in [5.74, 6) is 0.529. The predicted octanol–water partition coefficient (Wildman–Crippen LogP) is 5.83. The molecule has 3 rings (SSSR count). The van der Waals surface area contributed by atoms with Crippen molar-refractivity contribution in [2.45, 2.75) is 26.2 Å². The van der Waals surface area contributed by atoms with Gasteiger partial charge in [0.05, 0.1) is 35.4 Å². The molecule has 1 atom stereocenters. The molecule has 31 heavy (non-hydrogen) atoms. The maximum absolute atomic E-state index is 13.5. The van der Waals surface area contributed by atoms with Gasteiger partial charge in [-0.05, 0) is 42.9 Å². The molecule has 160 valence electrons. The van der Waals surface area contributed by atoms with Gasteiger partial charge in [0.25, 0.3) is 5.91 Å². The second-order valence-electron chi connectivity index (χ2n) is 6.98. The number of benzene rings is 2. The molecule has 1 aliphatic rings. The molecule has 1 aliphatic heterocycles. The summed E-state index contributed by atoms with van der Waals surface area (Å²) in [5.41, 5.74) is 2.91. The molecule has 2 N–H and O–H groups in total. The van der Waals surface area contributed by atoms with Gasteiger partial charge in [-0.3, -0.25) is 4.79 Å². The predicted molar refractivity (Wildman–Crippen MR) is 127 cm³/mol. The summed E-state index contributed by atoms with van der Waals surface area (Å²) in [6.07, 6.45) is 0.967. The van der Waals surface area contributed by atoms with Crippen LogP contribution in [0.25, 0.3) is 0 Å². The quantitative estimate of drug-likeness (QED) is 0.552. The Morgan fingerprint density at radius 2 is 1.97 bits per heavy atom. The van der Waals surface area contributed by atoms with Gasteiger partial charge < -0.3 is 15.4 Å². The minimum absolute atomic E-state index is 0.313. The Kier molecular flexibility index (Phi) is 7.67. The number of thioether (sulfide) groups is 1. The number of nitrogens with one attached hydrogen (secondary N) is 2. The van der Waals surface area contributed by atoms with Gasteiger partial charge in [-0.2, -0.15) is 5.26 Å². The number of carbonyl (C=O) groups is 1. The summed E-state index contributed by atoms with van der Waals surface area (Å²) in [7, 11) is 1.55. The molecule has 0 aromatic heterocycles. The van der Waals surface area contributed by atoms with Crippen LogP contribution in [0.5, 0.6) is 5.75 Å². The van der Waals surface area contributed by atoms with Gasteiger partial charge >= 0.3 is 0 Å². The lowest BCUT2D eigenvalue weighted by molar-refractivity contribution is -0.113. The number of methoxy groups -OCH3 is 1. The number of ether oxygens (including phenoxy) is 1. The van der Waals surface area contributed by atoms with Crippen molar-refractivity contribution in [1.29, 1.82) is 5.26 Å². The van der Waals surface area contributed by atoms with Crippen molar-refractivity contribution in [2.24, 2.45) is 0 Å². The molecule has 7 heteroatoms. The first kappa shape index (κ1) is 22.8. The Hall–Kier alpha value is -2.88. The van der Waals surface area contributed by atoms with Crippen LogP contribution in [-0.2, 0) is 4.79 Å². The molecule has 0 spiro atoms. The zero-order chi connectivity index (χ0) is 22.4. The minimum atomic E-state index is -0.575. The van der Waals surface area contributed by atoms with Crippen molar-refractivity contribution in [2.75, 3.05) is 18.2 Å². The Morgan fingerprint density at radius 1 is 1.26 bits per heavy atom. The maximum Gasteiger partial charge on any atom is 0.254 e. The number of allylic oxidation sites excluding steroid dienone is 2. The van der Waals surface area contributed by atoms with E-state index in [-0.39, 0.29) is 5.91 Å². The molecule has 0 aliphatic carbocycles. The number of halogens is 1. The van der Waals surface area contributed by atoms with Crippen molar-refractivity contribution in [3.8, 4) is 11.8 Å². The lowest BCUT2D eigenvalue weighted by Gasteiger charge is -2.30. The van der Waals surface area contributed by atoms with Crippen molar-refractivity contribution < 1.29 is 9.53 Å². The van der Waals surface area contributed by atoms with Gasteiger partial charge in [0.2, 0.25) is 0 Å².